The number of likely N-dealkylation sites (tertiary alicyclic amines) is 1. The molecular formula is C18H21F2N5. The van der Waals surface area contributed by atoms with Crippen molar-refractivity contribution in [2.24, 2.45) is 5.41 Å². The maximum absolute atomic E-state index is 14.9. The molecule has 0 amide bonds. The van der Waals surface area contributed by atoms with Crippen LogP contribution in [0.2, 0.25) is 0 Å². The summed E-state index contributed by atoms with van der Waals surface area (Å²) in [5.41, 5.74) is -0.107. The highest BCUT2D eigenvalue weighted by Crippen LogP contribution is 2.50. The molecule has 0 aromatic carbocycles. The zero-order valence-corrected chi connectivity index (χ0v) is 14.0. The molecule has 2 aliphatic heterocycles. The van der Waals surface area contributed by atoms with Crippen molar-refractivity contribution in [3.63, 3.8) is 0 Å². The third-order valence-electron chi connectivity index (χ3n) is 5.38. The molecule has 0 bridgehead atoms. The van der Waals surface area contributed by atoms with Crippen LogP contribution in [0, 0.1) is 5.41 Å². The van der Waals surface area contributed by atoms with Crippen LogP contribution in [0.15, 0.2) is 43.0 Å². The smallest absolute Gasteiger partial charge is 0.257 e. The van der Waals surface area contributed by atoms with Crippen molar-refractivity contribution < 1.29 is 8.78 Å². The highest BCUT2D eigenvalue weighted by Gasteiger charge is 2.59. The second-order valence-electron chi connectivity index (χ2n) is 7.00. The molecule has 0 N–H and O–H groups in total. The molecule has 2 fully saturated rings. The summed E-state index contributed by atoms with van der Waals surface area (Å²) in [5.74, 6) is -1.98. The van der Waals surface area contributed by atoms with Gasteiger partial charge >= 0.3 is 0 Å². The lowest BCUT2D eigenvalue weighted by molar-refractivity contribution is -0.159. The van der Waals surface area contributed by atoms with E-state index >= 15 is 0 Å². The van der Waals surface area contributed by atoms with Gasteiger partial charge < -0.3 is 4.90 Å². The molecule has 0 unspecified atom stereocenters. The number of pyridine rings is 1. The van der Waals surface area contributed by atoms with Gasteiger partial charge in [-0.05, 0) is 18.6 Å². The summed E-state index contributed by atoms with van der Waals surface area (Å²) < 4.78 is 29.7. The van der Waals surface area contributed by atoms with Crippen LogP contribution in [0.4, 0.5) is 14.6 Å². The third kappa shape index (κ3) is 3.08. The van der Waals surface area contributed by atoms with Gasteiger partial charge in [0.1, 0.15) is 5.82 Å². The number of rotatable bonds is 3. The Morgan fingerprint density at radius 3 is 2.68 bits per heavy atom. The Labute approximate surface area is 145 Å². The van der Waals surface area contributed by atoms with Gasteiger partial charge in [0.15, 0.2) is 0 Å². The monoisotopic (exact) mass is 345 g/mol. The van der Waals surface area contributed by atoms with Crippen molar-refractivity contribution in [1.29, 1.82) is 0 Å². The van der Waals surface area contributed by atoms with Crippen LogP contribution in [0.1, 0.15) is 18.5 Å². The van der Waals surface area contributed by atoms with Gasteiger partial charge in [0.2, 0.25) is 0 Å². The zero-order valence-electron chi connectivity index (χ0n) is 14.0. The number of aromatic nitrogens is 3. The summed E-state index contributed by atoms with van der Waals surface area (Å²) in [5, 5.41) is 0. The van der Waals surface area contributed by atoms with Crippen LogP contribution in [-0.4, -0.2) is 52.0 Å². The van der Waals surface area contributed by atoms with E-state index in [1.807, 2.05) is 23.1 Å². The zero-order chi connectivity index (χ0) is 17.3. The number of hydrogen-bond donors (Lipinski definition) is 0. The van der Waals surface area contributed by atoms with E-state index in [1.165, 1.54) is 0 Å². The van der Waals surface area contributed by atoms with Gasteiger partial charge in [0.25, 0.3) is 5.92 Å². The molecule has 2 aromatic rings. The lowest BCUT2D eigenvalue weighted by Crippen LogP contribution is -2.56. The SMILES string of the molecule is FC1(F)CCN(Cc2ccccn2)C[C@]12CCN(c1cnccn1)C2. The number of anilines is 1. The third-order valence-corrected chi connectivity index (χ3v) is 5.38. The average Bonchev–Trinajstić information content (AvgIpc) is 3.06. The van der Waals surface area contributed by atoms with Crippen LogP contribution in [-0.2, 0) is 6.54 Å². The molecular weight excluding hydrogens is 324 g/mol. The quantitative estimate of drug-likeness (QED) is 0.856. The van der Waals surface area contributed by atoms with Crippen molar-refractivity contribution in [2.75, 3.05) is 31.1 Å². The van der Waals surface area contributed by atoms with Crippen molar-refractivity contribution in [2.45, 2.75) is 25.3 Å². The van der Waals surface area contributed by atoms with E-state index in [0.29, 0.717) is 45.0 Å². The molecule has 4 heterocycles. The van der Waals surface area contributed by atoms with Gasteiger partial charge in [-0.1, -0.05) is 6.07 Å². The van der Waals surface area contributed by atoms with E-state index < -0.39 is 11.3 Å². The lowest BCUT2D eigenvalue weighted by atomic mass is 9.75. The summed E-state index contributed by atoms with van der Waals surface area (Å²) in [7, 11) is 0. The Hall–Kier alpha value is -2.15. The van der Waals surface area contributed by atoms with Gasteiger partial charge in [0.05, 0.1) is 17.3 Å². The highest BCUT2D eigenvalue weighted by atomic mass is 19.3. The average molecular weight is 345 g/mol. The number of halogens is 2. The fourth-order valence-electron chi connectivity index (χ4n) is 3.99. The molecule has 25 heavy (non-hydrogen) atoms. The van der Waals surface area contributed by atoms with Crippen LogP contribution in [0.5, 0.6) is 0 Å². The van der Waals surface area contributed by atoms with E-state index in [2.05, 4.69) is 19.9 Å². The Kier molecular flexibility index (Phi) is 4.11. The number of alkyl halides is 2. The second kappa shape index (κ2) is 6.29. The molecule has 1 spiro atoms. The maximum atomic E-state index is 14.9. The normalized spacial score (nSPS) is 26.2. The molecule has 0 aliphatic carbocycles. The van der Waals surface area contributed by atoms with E-state index in [1.54, 1.807) is 24.8 Å². The number of hydrogen-bond acceptors (Lipinski definition) is 5. The first-order valence-electron chi connectivity index (χ1n) is 8.59. The van der Waals surface area contributed by atoms with E-state index in [-0.39, 0.29) is 6.42 Å². The minimum atomic E-state index is -2.66. The fourth-order valence-corrected chi connectivity index (χ4v) is 3.99. The maximum Gasteiger partial charge on any atom is 0.257 e. The molecule has 7 heteroatoms. The topological polar surface area (TPSA) is 45.2 Å². The predicted molar refractivity (Wildman–Crippen MR) is 90.4 cm³/mol. The molecule has 2 aliphatic rings. The Balaban J connectivity index is 1.52. The molecule has 0 saturated carbocycles. The van der Waals surface area contributed by atoms with Crippen LogP contribution in [0.3, 0.4) is 0 Å². The fraction of sp³-hybridized carbons (Fsp3) is 0.500. The summed E-state index contributed by atoms with van der Waals surface area (Å²) in [6.07, 6.45) is 6.95. The molecule has 4 rings (SSSR count). The van der Waals surface area contributed by atoms with Crippen LogP contribution < -0.4 is 4.90 Å². The van der Waals surface area contributed by atoms with Crippen molar-refractivity contribution >= 4 is 5.82 Å². The van der Waals surface area contributed by atoms with Gasteiger partial charge in [0, 0.05) is 57.7 Å². The summed E-state index contributed by atoms with van der Waals surface area (Å²) >= 11 is 0. The van der Waals surface area contributed by atoms with Crippen molar-refractivity contribution in [3.05, 3.63) is 48.7 Å². The molecule has 1 atom stereocenters. The molecule has 2 saturated heterocycles. The van der Waals surface area contributed by atoms with Gasteiger partial charge in [-0.25, -0.2) is 13.8 Å². The number of nitrogens with zero attached hydrogens (tertiary/aromatic N) is 5. The van der Waals surface area contributed by atoms with E-state index in [0.717, 1.165) is 5.69 Å². The molecule has 2 aromatic heterocycles. The Bertz CT molecular complexity index is 712. The Morgan fingerprint density at radius 1 is 1.00 bits per heavy atom. The van der Waals surface area contributed by atoms with Crippen LogP contribution >= 0.6 is 0 Å². The van der Waals surface area contributed by atoms with Crippen molar-refractivity contribution in [1.82, 2.24) is 19.9 Å². The van der Waals surface area contributed by atoms with Gasteiger partial charge in [-0.2, -0.15) is 0 Å². The minimum Gasteiger partial charge on any atom is -0.354 e. The molecule has 132 valence electrons. The Morgan fingerprint density at radius 2 is 1.92 bits per heavy atom. The van der Waals surface area contributed by atoms with E-state index in [9.17, 15) is 8.78 Å². The predicted octanol–water partition coefficient (Wildman–Crippen LogP) is 2.61. The molecule has 5 nitrogen and oxygen atoms in total. The molecule has 0 radical (unpaired) electrons. The van der Waals surface area contributed by atoms with Crippen LogP contribution in [0.25, 0.3) is 0 Å². The summed E-state index contributed by atoms with van der Waals surface area (Å²) in [4.78, 5) is 16.7. The first-order chi connectivity index (χ1) is 12.1. The summed E-state index contributed by atoms with van der Waals surface area (Å²) in [6.45, 7) is 2.30. The van der Waals surface area contributed by atoms with E-state index in [4.69, 9.17) is 0 Å². The lowest BCUT2D eigenvalue weighted by Gasteiger charge is -2.45. The first-order valence-corrected chi connectivity index (χ1v) is 8.59. The highest BCUT2D eigenvalue weighted by molar-refractivity contribution is 5.38. The summed E-state index contributed by atoms with van der Waals surface area (Å²) in [6, 6.07) is 5.74. The van der Waals surface area contributed by atoms with Gasteiger partial charge in [-0.3, -0.25) is 14.9 Å². The number of piperidine rings is 1. The standard InChI is InChI=1S/C18H21F2N5/c19-18(20)5-9-24(12-15-3-1-2-6-22-15)13-17(18)4-10-25(14-17)16-11-21-7-8-23-16/h1-3,6-8,11H,4-5,9-10,12-14H2/t17-/m0/s1. The first kappa shape index (κ1) is 16.3. The van der Waals surface area contributed by atoms with Gasteiger partial charge in [-0.15, -0.1) is 0 Å². The second-order valence-corrected chi connectivity index (χ2v) is 7.00. The van der Waals surface area contributed by atoms with Crippen molar-refractivity contribution in [3.8, 4) is 0 Å². The largest absolute Gasteiger partial charge is 0.354 e. The minimum absolute atomic E-state index is 0.103.